The van der Waals surface area contributed by atoms with Crippen molar-refractivity contribution in [3.8, 4) is 0 Å². The summed E-state index contributed by atoms with van der Waals surface area (Å²) in [6.45, 7) is 2.66. The second-order valence-corrected chi connectivity index (χ2v) is 3.42. The minimum Gasteiger partial charge on any atom is -0.497 e. The number of benzene rings is 1. The van der Waals surface area contributed by atoms with Crippen LogP contribution in [-0.2, 0) is 11.2 Å². The fourth-order valence-corrected chi connectivity index (χ4v) is 1.83. The molecule has 2 nitrogen and oxygen atoms in total. The molecule has 0 amide bonds. The second kappa shape index (κ2) is 3.84. The summed E-state index contributed by atoms with van der Waals surface area (Å²) in [7, 11) is 0. The van der Waals surface area contributed by atoms with Gasteiger partial charge in [0.05, 0.1) is 12.6 Å². The summed E-state index contributed by atoms with van der Waals surface area (Å²) in [4.78, 5) is 0. The third-order valence-electron chi connectivity index (χ3n) is 2.53. The molecule has 1 aliphatic carbocycles. The van der Waals surface area contributed by atoms with Crippen molar-refractivity contribution >= 4 is 0 Å². The molecule has 1 aromatic carbocycles. The number of allylic oxidation sites excluding steroid dienone is 1. The van der Waals surface area contributed by atoms with Crippen molar-refractivity contribution in [2.75, 3.05) is 6.61 Å². The van der Waals surface area contributed by atoms with Crippen LogP contribution in [0.4, 0.5) is 0 Å². The van der Waals surface area contributed by atoms with Gasteiger partial charge in [-0.25, -0.2) is 0 Å². The summed E-state index contributed by atoms with van der Waals surface area (Å²) in [5.74, 6) is 0.909. The molecule has 0 aliphatic heterocycles. The Morgan fingerprint density at radius 3 is 3.00 bits per heavy atom. The lowest BCUT2D eigenvalue weighted by Gasteiger charge is -2.23. The van der Waals surface area contributed by atoms with Gasteiger partial charge < -0.3 is 10.5 Å². The van der Waals surface area contributed by atoms with E-state index >= 15 is 0 Å². The highest BCUT2D eigenvalue weighted by Gasteiger charge is 2.19. The van der Waals surface area contributed by atoms with Gasteiger partial charge in [0.15, 0.2) is 0 Å². The molecule has 1 atom stereocenters. The van der Waals surface area contributed by atoms with Gasteiger partial charge in [-0.3, -0.25) is 0 Å². The van der Waals surface area contributed by atoms with E-state index in [2.05, 4.69) is 18.2 Å². The first kappa shape index (κ1) is 9.28. The summed E-state index contributed by atoms with van der Waals surface area (Å²) in [5, 5.41) is 0. The average molecular weight is 189 g/mol. The van der Waals surface area contributed by atoms with E-state index in [0.717, 1.165) is 12.2 Å². The number of hydrogen-bond acceptors (Lipinski definition) is 2. The van der Waals surface area contributed by atoms with Gasteiger partial charge in [-0.05, 0) is 30.5 Å². The van der Waals surface area contributed by atoms with Crippen LogP contribution in [0.1, 0.15) is 24.1 Å². The summed E-state index contributed by atoms with van der Waals surface area (Å²) >= 11 is 0. The SMILES string of the molecule is CCOC1=CCc2ccccc2C1N. The maximum Gasteiger partial charge on any atom is 0.114 e. The zero-order valence-corrected chi connectivity index (χ0v) is 8.36. The third kappa shape index (κ3) is 1.53. The molecule has 0 fully saturated rings. The maximum absolute atomic E-state index is 6.08. The molecule has 2 N–H and O–H groups in total. The highest BCUT2D eigenvalue weighted by atomic mass is 16.5. The Kier molecular flexibility index (Phi) is 2.55. The van der Waals surface area contributed by atoms with Gasteiger partial charge in [0.2, 0.25) is 0 Å². The molecular formula is C12H15NO. The first-order valence-corrected chi connectivity index (χ1v) is 4.99. The van der Waals surface area contributed by atoms with Crippen molar-refractivity contribution in [3.05, 3.63) is 47.2 Å². The van der Waals surface area contributed by atoms with E-state index < -0.39 is 0 Å². The molecule has 0 saturated heterocycles. The summed E-state index contributed by atoms with van der Waals surface area (Å²) in [6, 6.07) is 8.18. The standard InChI is InChI=1S/C12H15NO/c1-2-14-11-8-7-9-5-3-4-6-10(9)12(11)13/h3-6,8,12H,2,7,13H2,1H3. The molecule has 0 spiro atoms. The normalized spacial score (nSPS) is 19.9. The number of nitrogens with two attached hydrogens (primary N) is 1. The van der Waals surface area contributed by atoms with Crippen molar-refractivity contribution in [1.29, 1.82) is 0 Å². The van der Waals surface area contributed by atoms with Crippen LogP contribution >= 0.6 is 0 Å². The molecule has 0 heterocycles. The Hall–Kier alpha value is -1.28. The van der Waals surface area contributed by atoms with E-state index in [1.165, 1.54) is 11.1 Å². The van der Waals surface area contributed by atoms with Crippen LogP contribution in [0.5, 0.6) is 0 Å². The summed E-state index contributed by atoms with van der Waals surface area (Å²) in [5.41, 5.74) is 8.59. The van der Waals surface area contributed by atoms with Crippen molar-refractivity contribution in [2.24, 2.45) is 5.73 Å². The smallest absolute Gasteiger partial charge is 0.114 e. The van der Waals surface area contributed by atoms with Crippen LogP contribution in [0.3, 0.4) is 0 Å². The van der Waals surface area contributed by atoms with E-state index in [1.54, 1.807) is 0 Å². The molecule has 1 aliphatic rings. The first-order chi connectivity index (χ1) is 6.83. The number of hydrogen-bond donors (Lipinski definition) is 1. The van der Waals surface area contributed by atoms with Gasteiger partial charge in [-0.15, -0.1) is 0 Å². The largest absolute Gasteiger partial charge is 0.497 e. The zero-order chi connectivity index (χ0) is 9.97. The molecule has 14 heavy (non-hydrogen) atoms. The van der Waals surface area contributed by atoms with E-state index in [9.17, 15) is 0 Å². The number of ether oxygens (including phenoxy) is 1. The Bertz CT molecular complexity index is 357. The highest BCUT2D eigenvalue weighted by Crippen LogP contribution is 2.28. The lowest BCUT2D eigenvalue weighted by Crippen LogP contribution is -2.20. The van der Waals surface area contributed by atoms with Crippen LogP contribution in [0.2, 0.25) is 0 Å². The zero-order valence-electron chi connectivity index (χ0n) is 8.36. The minimum absolute atomic E-state index is 0.0834. The van der Waals surface area contributed by atoms with Crippen LogP contribution in [0, 0.1) is 0 Å². The molecule has 0 radical (unpaired) electrons. The predicted molar refractivity (Wildman–Crippen MR) is 56.8 cm³/mol. The first-order valence-electron chi connectivity index (χ1n) is 4.99. The fourth-order valence-electron chi connectivity index (χ4n) is 1.83. The van der Waals surface area contributed by atoms with Gasteiger partial charge in [0.1, 0.15) is 5.76 Å². The van der Waals surface area contributed by atoms with Crippen molar-refractivity contribution in [3.63, 3.8) is 0 Å². The van der Waals surface area contributed by atoms with E-state index in [1.807, 2.05) is 19.1 Å². The van der Waals surface area contributed by atoms with Gasteiger partial charge in [-0.1, -0.05) is 24.3 Å². The summed E-state index contributed by atoms with van der Waals surface area (Å²) in [6.07, 6.45) is 3.01. The number of fused-ring (bicyclic) bond motifs is 1. The topological polar surface area (TPSA) is 35.2 Å². The lowest BCUT2D eigenvalue weighted by molar-refractivity contribution is 0.206. The van der Waals surface area contributed by atoms with Gasteiger partial charge in [-0.2, -0.15) is 0 Å². The Balaban J connectivity index is 2.30. The van der Waals surface area contributed by atoms with Gasteiger partial charge in [0, 0.05) is 0 Å². The Morgan fingerprint density at radius 2 is 2.21 bits per heavy atom. The van der Waals surface area contributed by atoms with Crippen molar-refractivity contribution < 1.29 is 4.74 Å². The molecular weight excluding hydrogens is 174 g/mol. The molecule has 2 heteroatoms. The van der Waals surface area contributed by atoms with Crippen molar-refractivity contribution in [1.82, 2.24) is 0 Å². The third-order valence-corrected chi connectivity index (χ3v) is 2.53. The molecule has 0 saturated carbocycles. The summed E-state index contributed by atoms with van der Waals surface area (Å²) < 4.78 is 5.49. The predicted octanol–water partition coefficient (Wildman–Crippen LogP) is 2.16. The molecule has 1 unspecified atom stereocenters. The van der Waals surface area contributed by atoms with Gasteiger partial charge >= 0.3 is 0 Å². The molecule has 74 valence electrons. The quantitative estimate of drug-likeness (QED) is 0.773. The van der Waals surface area contributed by atoms with Crippen LogP contribution in [0.25, 0.3) is 0 Å². The van der Waals surface area contributed by atoms with Crippen LogP contribution in [-0.4, -0.2) is 6.61 Å². The molecule has 0 bridgehead atoms. The highest BCUT2D eigenvalue weighted by molar-refractivity contribution is 5.38. The second-order valence-electron chi connectivity index (χ2n) is 3.42. The Labute approximate surface area is 84.4 Å². The van der Waals surface area contributed by atoms with E-state index in [-0.39, 0.29) is 6.04 Å². The number of rotatable bonds is 2. The Morgan fingerprint density at radius 1 is 1.43 bits per heavy atom. The van der Waals surface area contributed by atoms with Crippen LogP contribution < -0.4 is 5.73 Å². The fraction of sp³-hybridized carbons (Fsp3) is 0.333. The lowest BCUT2D eigenvalue weighted by atomic mass is 9.92. The molecule has 1 aromatic rings. The van der Waals surface area contributed by atoms with Crippen molar-refractivity contribution in [2.45, 2.75) is 19.4 Å². The average Bonchev–Trinajstić information content (AvgIpc) is 2.23. The maximum atomic E-state index is 6.08. The van der Waals surface area contributed by atoms with E-state index in [4.69, 9.17) is 10.5 Å². The molecule has 2 rings (SSSR count). The van der Waals surface area contributed by atoms with E-state index in [0.29, 0.717) is 6.61 Å². The monoisotopic (exact) mass is 189 g/mol. The molecule has 0 aromatic heterocycles. The minimum atomic E-state index is -0.0834. The van der Waals surface area contributed by atoms with Gasteiger partial charge in [0.25, 0.3) is 0 Å². The van der Waals surface area contributed by atoms with Crippen LogP contribution in [0.15, 0.2) is 36.1 Å².